The van der Waals surface area contributed by atoms with Gasteiger partial charge >= 0.3 is 6.09 Å². The molecule has 1 aromatic heterocycles. The van der Waals surface area contributed by atoms with Gasteiger partial charge in [-0.1, -0.05) is 25.0 Å². The van der Waals surface area contributed by atoms with E-state index >= 15 is 0 Å². The van der Waals surface area contributed by atoms with Crippen LogP contribution in [-0.4, -0.2) is 28.8 Å². The number of aryl methyl sites for hydroxylation is 1. The number of pyridine rings is 1. The molecule has 1 aliphatic carbocycles. The molecule has 1 amide bonds. The van der Waals surface area contributed by atoms with Crippen LogP contribution >= 0.6 is 0 Å². The fourth-order valence-corrected chi connectivity index (χ4v) is 3.74. The lowest BCUT2D eigenvalue weighted by molar-refractivity contribution is 0.0488. The number of aromatic nitrogens is 1. The number of benzene rings is 1. The van der Waals surface area contributed by atoms with Gasteiger partial charge in [0.15, 0.2) is 17.5 Å². The van der Waals surface area contributed by atoms with Crippen molar-refractivity contribution in [3.8, 4) is 6.07 Å². The van der Waals surface area contributed by atoms with Crippen molar-refractivity contribution in [1.82, 2.24) is 10.3 Å². The molecular weight excluding hydrogens is 409 g/mol. The first-order chi connectivity index (χ1) is 15.1. The Balaban J connectivity index is 1.80. The molecule has 2 atom stereocenters. The Hall–Kier alpha value is -3.34. The fourth-order valence-electron chi connectivity index (χ4n) is 3.74. The van der Waals surface area contributed by atoms with E-state index in [0.29, 0.717) is 0 Å². The maximum Gasteiger partial charge on any atom is 0.407 e. The van der Waals surface area contributed by atoms with Gasteiger partial charge in [0.25, 0.3) is 0 Å². The quantitative estimate of drug-likeness (QED) is 0.577. The number of nitrogens with one attached hydrogen (secondary N) is 3. The Morgan fingerprint density at radius 2 is 1.91 bits per heavy atom. The number of nitrogens with zero attached hydrogens (tertiary/aromatic N) is 2. The molecule has 0 spiro atoms. The van der Waals surface area contributed by atoms with Gasteiger partial charge in [-0.3, -0.25) is 0 Å². The summed E-state index contributed by atoms with van der Waals surface area (Å²) in [6.45, 7) is 7.38. The molecule has 0 radical (unpaired) electrons. The van der Waals surface area contributed by atoms with Crippen LogP contribution in [0.2, 0.25) is 0 Å². The van der Waals surface area contributed by atoms with Crippen molar-refractivity contribution < 1.29 is 13.9 Å². The monoisotopic (exact) mass is 439 g/mol. The molecular formula is C24H30FN5O2. The standard InChI is InChI=1S/C24H30FN5O2/c1-15-8-7-9-17(12-15)27-21-16(14-26)13-18(25)22(30-21)28-19-10-5-6-11-20(19)29-23(31)32-24(2,3)4/h7-9,12-13,19-20H,5-6,10-11H2,1-4H3,(H,29,31)(H2,27,28,30)/t19-,20+/m1/s1. The molecule has 32 heavy (non-hydrogen) atoms. The molecule has 0 aliphatic heterocycles. The van der Waals surface area contributed by atoms with Crippen molar-refractivity contribution in [2.24, 2.45) is 0 Å². The second-order valence-electron chi connectivity index (χ2n) is 9.11. The predicted octanol–water partition coefficient (Wildman–Crippen LogP) is 5.39. The third-order valence-corrected chi connectivity index (χ3v) is 5.17. The van der Waals surface area contributed by atoms with Crippen LogP contribution in [0.4, 0.5) is 26.5 Å². The summed E-state index contributed by atoms with van der Waals surface area (Å²) in [5.41, 5.74) is 1.32. The number of hydrogen-bond donors (Lipinski definition) is 3. The SMILES string of the molecule is Cc1cccc(Nc2nc(N[C@@H]3CCCC[C@@H]3NC(=O)OC(C)(C)C)c(F)cc2C#N)c1. The van der Waals surface area contributed by atoms with Gasteiger partial charge in [0.1, 0.15) is 11.7 Å². The average Bonchev–Trinajstić information content (AvgIpc) is 2.70. The number of carbonyl (C=O) groups is 1. The predicted molar refractivity (Wildman–Crippen MR) is 122 cm³/mol. The maximum atomic E-state index is 14.8. The minimum absolute atomic E-state index is 0.0436. The highest BCUT2D eigenvalue weighted by atomic mass is 19.1. The fraction of sp³-hybridized carbons (Fsp3) is 0.458. The summed E-state index contributed by atoms with van der Waals surface area (Å²) in [4.78, 5) is 16.6. The largest absolute Gasteiger partial charge is 0.444 e. The molecule has 1 fully saturated rings. The van der Waals surface area contributed by atoms with Crippen LogP contribution in [-0.2, 0) is 4.74 Å². The number of alkyl carbamates (subject to hydrolysis) is 1. The molecule has 0 bridgehead atoms. The Bertz CT molecular complexity index is 1010. The summed E-state index contributed by atoms with van der Waals surface area (Å²) in [7, 11) is 0. The van der Waals surface area contributed by atoms with Crippen LogP contribution in [0.1, 0.15) is 57.6 Å². The summed E-state index contributed by atoms with van der Waals surface area (Å²) in [6, 6.07) is 10.4. The van der Waals surface area contributed by atoms with E-state index in [1.54, 1.807) is 0 Å². The molecule has 170 valence electrons. The third kappa shape index (κ3) is 6.33. The van der Waals surface area contributed by atoms with E-state index in [0.717, 1.165) is 36.9 Å². The van der Waals surface area contributed by atoms with Crippen molar-refractivity contribution >= 4 is 23.4 Å². The smallest absolute Gasteiger partial charge is 0.407 e. The van der Waals surface area contributed by atoms with E-state index in [2.05, 4.69) is 20.9 Å². The van der Waals surface area contributed by atoms with Gasteiger partial charge in [-0.25, -0.2) is 14.2 Å². The van der Waals surface area contributed by atoms with Crippen molar-refractivity contribution in [2.45, 2.75) is 71.1 Å². The lowest BCUT2D eigenvalue weighted by Crippen LogP contribution is -2.50. The van der Waals surface area contributed by atoms with E-state index in [1.165, 1.54) is 6.07 Å². The summed E-state index contributed by atoms with van der Waals surface area (Å²) in [5.74, 6) is -0.297. The zero-order chi connectivity index (χ0) is 23.3. The third-order valence-electron chi connectivity index (χ3n) is 5.17. The molecule has 1 aromatic carbocycles. The highest BCUT2D eigenvalue weighted by molar-refractivity contribution is 5.68. The van der Waals surface area contributed by atoms with Crippen molar-refractivity contribution in [1.29, 1.82) is 5.26 Å². The number of amides is 1. The van der Waals surface area contributed by atoms with Crippen LogP contribution in [0, 0.1) is 24.1 Å². The lowest BCUT2D eigenvalue weighted by Gasteiger charge is -2.33. The highest BCUT2D eigenvalue weighted by Crippen LogP contribution is 2.27. The van der Waals surface area contributed by atoms with Gasteiger partial charge in [-0.2, -0.15) is 5.26 Å². The molecule has 3 rings (SSSR count). The molecule has 3 N–H and O–H groups in total. The zero-order valence-electron chi connectivity index (χ0n) is 19.0. The molecule has 1 saturated carbocycles. The van der Waals surface area contributed by atoms with Crippen LogP contribution < -0.4 is 16.0 Å². The van der Waals surface area contributed by atoms with Crippen molar-refractivity contribution in [2.75, 3.05) is 10.6 Å². The maximum absolute atomic E-state index is 14.8. The number of anilines is 3. The van der Waals surface area contributed by atoms with Crippen molar-refractivity contribution in [3.05, 3.63) is 47.3 Å². The number of ether oxygens (including phenoxy) is 1. The molecule has 0 saturated heterocycles. The van der Waals surface area contributed by atoms with Gasteiger partial charge in [0, 0.05) is 11.7 Å². The normalized spacial score (nSPS) is 18.4. The van der Waals surface area contributed by atoms with Crippen LogP contribution in [0.15, 0.2) is 30.3 Å². The Labute approximate surface area is 188 Å². The van der Waals surface area contributed by atoms with E-state index in [4.69, 9.17) is 4.74 Å². The first-order valence-electron chi connectivity index (χ1n) is 10.8. The Kier molecular flexibility index (Phi) is 7.18. The van der Waals surface area contributed by atoms with Gasteiger partial charge < -0.3 is 20.7 Å². The number of halogens is 1. The molecule has 1 heterocycles. The molecule has 2 aromatic rings. The molecule has 0 unspecified atom stereocenters. The number of nitriles is 1. The van der Waals surface area contributed by atoms with Crippen LogP contribution in [0.3, 0.4) is 0 Å². The molecule has 7 nitrogen and oxygen atoms in total. The topological polar surface area (TPSA) is 99.1 Å². The summed E-state index contributed by atoms with van der Waals surface area (Å²) >= 11 is 0. The van der Waals surface area contributed by atoms with E-state index in [1.807, 2.05) is 58.0 Å². The Morgan fingerprint density at radius 3 is 2.56 bits per heavy atom. The first kappa shape index (κ1) is 23.3. The minimum Gasteiger partial charge on any atom is -0.444 e. The number of carbonyl (C=O) groups excluding carboxylic acids is 1. The summed E-state index contributed by atoms with van der Waals surface area (Å²) in [6.07, 6.45) is 2.93. The van der Waals surface area contributed by atoms with Crippen LogP contribution in [0.5, 0.6) is 0 Å². The second kappa shape index (κ2) is 9.86. The number of hydrogen-bond acceptors (Lipinski definition) is 6. The van der Waals surface area contributed by atoms with Gasteiger partial charge in [-0.15, -0.1) is 0 Å². The average molecular weight is 440 g/mol. The molecule has 8 heteroatoms. The highest BCUT2D eigenvalue weighted by Gasteiger charge is 2.29. The van der Waals surface area contributed by atoms with Crippen molar-refractivity contribution in [3.63, 3.8) is 0 Å². The number of rotatable bonds is 5. The second-order valence-corrected chi connectivity index (χ2v) is 9.11. The van der Waals surface area contributed by atoms with Gasteiger partial charge in [0.05, 0.1) is 11.6 Å². The molecule has 1 aliphatic rings. The van der Waals surface area contributed by atoms with Gasteiger partial charge in [-0.05, 0) is 64.3 Å². The lowest BCUT2D eigenvalue weighted by atomic mass is 9.90. The van der Waals surface area contributed by atoms with Gasteiger partial charge in [0.2, 0.25) is 0 Å². The summed E-state index contributed by atoms with van der Waals surface area (Å²) in [5, 5.41) is 18.6. The Morgan fingerprint density at radius 1 is 1.19 bits per heavy atom. The first-order valence-corrected chi connectivity index (χ1v) is 10.8. The summed E-state index contributed by atoms with van der Waals surface area (Å²) < 4.78 is 20.1. The minimum atomic E-state index is -0.613. The van der Waals surface area contributed by atoms with E-state index < -0.39 is 17.5 Å². The van der Waals surface area contributed by atoms with Crippen LogP contribution in [0.25, 0.3) is 0 Å². The zero-order valence-corrected chi connectivity index (χ0v) is 19.0. The van der Waals surface area contributed by atoms with E-state index in [-0.39, 0.29) is 29.3 Å². The van der Waals surface area contributed by atoms with E-state index in [9.17, 15) is 14.4 Å².